The Morgan fingerprint density at radius 3 is 2.68 bits per heavy atom. The van der Waals surface area contributed by atoms with Gasteiger partial charge < -0.3 is 14.2 Å². The second kappa shape index (κ2) is 11.3. The maximum absolute atomic E-state index is 13.5. The molecule has 1 aliphatic rings. The molecule has 34 heavy (non-hydrogen) atoms. The number of anilines is 1. The first-order valence-electron chi connectivity index (χ1n) is 10.4. The number of ether oxygens (including phenoxy) is 1. The molecule has 1 atom stereocenters. The molecule has 1 N–H and O–H groups in total. The quantitative estimate of drug-likeness (QED) is 0.528. The van der Waals surface area contributed by atoms with E-state index in [1.54, 1.807) is 30.3 Å². The highest BCUT2D eigenvalue weighted by molar-refractivity contribution is 7.98. The van der Waals surface area contributed by atoms with Gasteiger partial charge in [0, 0.05) is 32.4 Å². The van der Waals surface area contributed by atoms with E-state index < -0.39 is 22.7 Å². The number of hydrogen-bond donors (Lipinski definition) is 1. The normalized spacial score (nSPS) is 14.3. The van der Waals surface area contributed by atoms with Gasteiger partial charge >= 0.3 is 6.18 Å². The fourth-order valence-electron chi connectivity index (χ4n) is 3.69. The van der Waals surface area contributed by atoms with E-state index in [0.717, 1.165) is 24.1 Å². The van der Waals surface area contributed by atoms with Gasteiger partial charge in [-0.2, -0.15) is 18.3 Å². The van der Waals surface area contributed by atoms with Gasteiger partial charge in [-0.3, -0.25) is 4.79 Å². The van der Waals surface area contributed by atoms with Crippen LogP contribution in [0.2, 0.25) is 5.02 Å². The van der Waals surface area contributed by atoms with Crippen molar-refractivity contribution in [1.82, 2.24) is 19.7 Å². The van der Waals surface area contributed by atoms with E-state index in [1.165, 1.54) is 30.1 Å². The number of halogens is 4. The molecular formula is C22H25ClF3N5O2S. The number of H-pyrrole nitrogens is 1. The molecule has 0 radical (unpaired) electrons. The van der Waals surface area contributed by atoms with Crippen LogP contribution < -0.4 is 10.5 Å². The summed E-state index contributed by atoms with van der Waals surface area (Å²) in [7, 11) is 1.68. The van der Waals surface area contributed by atoms with Crippen LogP contribution in [0.3, 0.4) is 0 Å². The summed E-state index contributed by atoms with van der Waals surface area (Å²) in [6, 6.07) is 5.62. The molecular weight excluding hydrogens is 491 g/mol. The maximum atomic E-state index is 13.5. The fourth-order valence-corrected chi connectivity index (χ4v) is 4.77. The molecule has 1 aromatic carbocycles. The van der Waals surface area contributed by atoms with E-state index in [0.29, 0.717) is 25.2 Å². The summed E-state index contributed by atoms with van der Waals surface area (Å²) in [5, 5.41) is 5.57. The van der Waals surface area contributed by atoms with Crippen molar-refractivity contribution in [2.45, 2.75) is 31.4 Å². The van der Waals surface area contributed by atoms with Gasteiger partial charge in [-0.1, -0.05) is 29.8 Å². The minimum atomic E-state index is -4.44. The summed E-state index contributed by atoms with van der Waals surface area (Å²) in [4.78, 5) is 18.1. The standard InChI is InChI=1S/C19H17ClF3N5OS.C3H8O/c1-30-18(11-4-2-3-5-12(11)19(21,22)23)28-10-24-13-9-27(7-6-14(13)28)15-8-25-26-17(29)16(15)20;1-3-4-2/h2-5,8,10,18H,6-7,9H2,1H3,(H,26,29);3H2,1-2H3. The average Bonchev–Trinajstić information content (AvgIpc) is 3.24. The Kier molecular flexibility index (Phi) is 8.67. The van der Waals surface area contributed by atoms with Crippen molar-refractivity contribution in [2.24, 2.45) is 0 Å². The molecule has 3 heterocycles. The summed E-state index contributed by atoms with van der Waals surface area (Å²) < 4.78 is 47.0. The topological polar surface area (TPSA) is 76.0 Å². The molecule has 0 bridgehead atoms. The Bertz CT molecular complexity index is 1170. The highest BCUT2D eigenvalue weighted by Crippen LogP contribution is 2.40. The number of thioether (sulfide) groups is 1. The van der Waals surface area contributed by atoms with Gasteiger partial charge in [-0.05, 0) is 24.8 Å². The molecule has 4 rings (SSSR count). The van der Waals surface area contributed by atoms with Crippen molar-refractivity contribution in [3.05, 3.63) is 74.7 Å². The number of aromatic amines is 1. The predicted molar refractivity (Wildman–Crippen MR) is 127 cm³/mol. The average molecular weight is 516 g/mol. The third-order valence-electron chi connectivity index (χ3n) is 5.36. The SMILES string of the molecule is CCOC.CSC(c1ccccc1C(F)(F)F)n1cnc2c1CCN(c1cn[nH]c(=O)c1Cl)C2. The van der Waals surface area contributed by atoms with Crippen LogP contribution in [0.25, 0.3) is 0 Å². The molecule has 1 aliphatic heterocycles. The Morgan fingerprint density at radius 1 is 1.32 bits per heavy atom. The summed E-state index contributed by atoms with van der Waals surface area (Å²) in [6.45, 7) is 3.70. The lowest BCUT2D eigenvalue weighted by Crippen LogP contribution is -2.33. The molecule has 0 aliphatic carbocycles. The van der Waals surface area contributed by atoms with Crippen LogP contribution in [0, 0.1) is 0 Å². The van der Waals surface area contributed by atoms with Crippen molar-refractivity contribution in [3.63, 3.8) is 0 Å². The number of benzene rings is 1. The minimum absolute atomic E-state index is 0.0500. The number of fused-ring (bicyclic) bond motifs is 1. The molecule has 0 fully saturated rings. The molecule has 12 heteroatoms. The molecule has 0 saturated carbocycles. The highest BCUT2D eigenvalue weighted by atomic mass is 35.5. The lowest BCUT2D eigenvalue weighted by atomic mass is 10.1. The summed E-state index contributed by atoms with van der Waals surface area (Å²) in [5.74, 6) is 0. The van der Waals surface area contributed by atoms with Gasteiger partial charge in [0.2, 0.25) is 0 Å². The van der Waals surface area contributed by atoms with Crippen LogP contribution in [0.15, 0.2) is 41.6 Å². The van der Waals surface area contributed by atoms with Crippen molar-refractivity contribution >= 4 is 29.1 Å². The molecule has 3 aromatic rings. The largest absolute Gasteiger partial charge is 0.416 e. The Labute approximate surface area is 204 Å². The first kappa shape index (κ1) is 26.1. The first-order valence-corrected chi connectivity index (χ1v) is 12.1. The van der Waals surface area contributed by atoms with Crippen LogP contribution >= 0.6 is 23.4 Å². The van der Waals surface area contributed by atoms with Crippen LogP contribution in [0.4, 0.5) is 18.9 Å². The number of rotatable bonds is 5. The Balaban J connectivity index is 0.000000751. The van der Waals surface area contributed by atoms with E-state index in [1.807, 2.05) is 11.8 Å². The van der Waals surface area contributed by atoms with E-state index in [4.69, 9.17) is 11.6 Å². The third-order valence-corrected chi connectivity index (χ3v) is 6.65. The molecule has 7 nitrogen and oxygen atoms in total. The zero-order valence-corrected chi connectivity index (χ0v) is 20.5. The molecule has 0 spiro atoms. The lowest BCUT2D eigenvalue weighted by Gasteiger charge is -2.30. The van der Waals surface area contributed by atoms with E-state index in [-0.39, 0.29) is 10.6 Å². The van der Waals surface area contributed by atoms with E-state index in [9.17, 15) is 18.0 Å². The van der Waals surface area contributed by atoms with Crippen molar-refractivity contribution in [3.8, 4) is 0 Å². The second-order valence-electron chi connectivity index (χ2n) is 7.37. The molecule has 0 saturated heterocycles. The predicted octanol–water partition coefficient (Wildman–Crippen LogP) is 4.76. The first-order chi connectivity index (χ1) is 16.2. The number of alkyl halides is 3. The van der Waals surface area contributed by atoms with Gasteiger partial charge in [0.05, 0.1) is 36.0 Å². The third kappa shape index (κ3) is 5.59. The fraction of sp³-hybridized carbons (Fsp3) is 0.409. The minimum Gasteiger partial charge on any atom is -0.385 e. The molecule has 2 aromatic heterocycles. The smallest absolute Gasteiger partial charge is 0.385 e. The number of imidazole rings is 1. The van der Waals surface area contributed by atoms with Crippen molar-refractivity contribution in [1.29, 1.82) is 0 Å². The van der Waals surface area contributed by atoms with E-state index >= 15 is 0 Å². The number of hydrogen-bond acceptors (Lipinski definition) is 6. The van der Waals surface area contributed by atoms with Crippen LogP contribution in [-0.2, 0) is 23.9 Å². The van der Waals surface area contributed by atoms with Gasteiger partial charge in [-0.15, -0.1) is 11.8 Å². The highest BCUT2D eigenvalue weighted by Gasteiger charge is 2.36. The summed E-state index contributed by atoms with van der Waals surface area (Å²) in [6.07, 6.45) is 0.951. The van der Waals surface area contributed by atoms with Gasteiger partial charge in [-0.25, -0.2) is 10.1 Å². The van der Waals surface area contributed by atoms with Crippen LogP contribution in [0.1, 0.15) is 34.8 Å². The summed E-state index contributed by atoms with van der Waals surface area (Å²) >= 11 is 7.43. The zero-order valence-electron chi connectivity index (χ0n) is 18.9. The number of methoxy groups -OCH3 is 1. The maximum Gasteiger partial charge on any atom is 0.416 e. The monoisotopic (exact) mass is 515 g/mol. The van der Waals surface area contributed by atoms with Crippen LogP contribution in [-0.4, -0.2) is 46.3 Å². The van der Waals surface area contributed by atoms with E-state index in [2.05, 4.69) is 19.9 Å². The van der Waals surface area contributed by atoms with Crippen molar-refractivity contribution in [2.75, 3.05) is 31.4 Å². The second-order valence-corrected chi connectivity index (χ2v) is 8.66. The van der Waals surface area contributed by atoms with Crippen LogP contribution in [0.5, 0.6) is 0 Å². The molecule has 0 amide bonds. The number of nitrogens with zero attached hydrogens (tertiary/aromatic N) is 4. The molecule has 1 unspecified atom stereocenters. The Morgan fingerprint density at radius 2 is 2.03 bits per heavy atom. The number of aromatic nitrogens is 4. The van der Waals surface area contributed by atoms with Crippen molar-refractivity contribution < 1.29 is 17.9 Å². The van der Waals surface area contributed by atoms with Gasteiger partial charge in [0.1, 0.15) is 10.4 Å². The zero-order chi connectivity index (χ0) is 24.9. The Hall–Kier alpha value is -2.50. The van der Waals surface area contributed by atoms with Gasteiger partial charge in [0.25, 0.3) is 5.56 Å². The lowest BCUT2D eigenvalue weighted by molar-refractivity contribution is -0.138. The number of nitrogens with one attached hydrogen (secondary N) is 1. The molecule has 184 valence electrons. The van der Waals surface area contributed by atoms with Gasteiger partial charge in [0.15, 0.2) is 0 Å². The summed E-state index contributed by atoms with van der Waals surface area (Å²) in [5.41, 5.74) is 1.19.